The number of thioether (sulfide) groups is 1. The fourth-order valence-electron chi connectivity index (χ4n) is 2.80. The molecule has 0 saturated carbocycles. The van der Waals surface area contributed by atoms with Gasteiger partial charge in [0.1, 0.15) is 0 Å². The van der Waals surface area contributed by atoms with Gasteiger partial charge in [-0.05, 0) is 52.0 Å². The summed E-state index contributed by atoms with van der Waals surface area (Å²) in [4.78, 5) is 2.27. The van der Waals surface area contributed by atoms with Crippen molar-refractivity contribution in [3.8, 4) is 0 Å². The normalized spacial score (nSPS) is 11.8. The molecule has 0 aliphatic rings. The second-order valence-electron chi connectivity index (χ2n) is 7.35. The van der Waals surface area contributed by atoms with Gasteiger partial charge in [0.2, 0.25) is 0 Å². The van der Waals surface area contributed by atoms with Crippen LogP contribution < -0.4 is 0 Å². The van der Waals surface area contributed by atoms with Crippen LogP contribution in [-0.2, 0) is 0 Å². The van der Waals surface area contributed by atoms with Gasteiger partial charge in [0.05, 0.1) is 0 Å². The number of rotatable bonds is 19. The third-order valence-corrected chi connectivity index (χ3v) is 5.53. The average Bonchev–Trinajstić information content (AvgIpc) is 2.56. The van der Waals surface area contributed by atoms with Gasteiger partial charge in [0.25, 0.3) is 0 Å². The molecule has 0 radical (unpaired) electrons. The Morgan fingerprint density at radius 3 is 1.67 bits per heavy atom. The van der Waals surface area contributed by atoms with E-state index >= 15 is 0 Å². The molecule has 0 aromatic heterocycles. The van der Waals surface area contributed by atoms with E-state index in [1.54, 1.807) is 0 Å². The van der Waals surface area contributed by atoms with Crippen molar-refractivity contribution in [3.63, 3.8) is 0 Å². The number of hydrogen-bond acceptors (Lipinski definition) is 2. The fraction of sp³-hybridized carbons (Fsp3) is 0.909. The molecule has 0 aliphatic heterocycles. The SMILES string of the molecule is CCCCCCCC/C=C\CCCCCCCCSCCN(C)C. The second kappa shape index (κ2) is 21.1. The molecule has 1 nitrogen and oxygen atoms in total. The molecule has 0 aliphatic carbocycles. The van der Waals surface area contributed by atoms with Gasteiger partial charge < -0.3 is 4.90 Å². The number of nitrogens with zero attached hydrogens (tertiary/aromatic N) is 1. The first-order chi connectivity index (χ1) is 11.8. The molecule has 0 saturated heterocycles. The maximum Gasteiger partial charge on any atom is 0.00662 e. The Labute approximate surface area is 158 Å². The van der Waals surface area contributed by atoms with Gasteiger partial charge in [-0.3, -0.25) is 0 Å². The Bertz CT molecular complexity index is 250. The largest absolute Gasteiger partial charge is 0.309 e. The zero-order valence-electron chi connectivity index (χ0n) is 17.0. The lowest BCUT2D eigenvalue weighted by atomic mass is 10.1. The minimum Gasteiger partial charge on any atom is -0.309 e. The minimum absolute atomic E-state index is 1.22. The molecule has 0 rings (SSSR count). The Morgan fingerprint density at radius 1 is 0.625 bits per heavy atom. The smallest absolute Gasteiger partial charge is 0.00662 e. The predicted octanol–water partition coefficient (Wildman–Crippen LogP) is 7.32. The van der Waals surface area contributed by atoms with Crippen LogP contribution in [0.1, 0.15) is 96.8 Å². The molecular formula is C22H45NS. The molecule has 0 aromatic carbocycles. The van der Waals surface area contributed by atoms with Crippen LogP contribution >= 0.6 is 11.8 Å². The lowest BCUT2D eigenvalue weighted by Gasteiger charge is -2.08. The molecule has 0 atom stereocenters. The Hall–Kier alpha value is 0.0500. The van der Waals surface area contributed by atoms with E-state index in [0.717, 1.165) is 0 Å². The molecule has 0 amide bonds. The van der Waals surface area contributed by atoms with Gasteiger partial charge in [0.15, 0.2) is 0 Å². The van der Waals surface area contributed by atoms with Crippen LogP contribution in [0.15, 0.2) is 12.2 Å². The molecular weight excluding hydrogens is 310 g/mol. The van der Waals surface area contributed by atoms with Gasteiger partial charge in [-0.15, -0.1) is 0 Å². The highest BCUT2D eigenvalue weighted by Gasteiger charge is 1.94. The van der Waals surface area contributed by atoms with Gasteiger partial charge in [-0.1, -0.05) is 76.9 Å². The third-order valence-electron chi connectivity index (χ3n) is 4.48. The predicted molar refractivity (Wildman–Crippen MR) is 115 cm³/mol. The van der Waals surface area contributed by atoms with Crippen molar-refractivity contribution in [1.82, 2.24) is 4.90 Å². The van der Waals surface area contributed by atoms with Gasteiger partial charge in [0, 0.05) is 12.3 Å². The van der Waals surface area contributed by atoms with E-state index < -0.39 is 0 Å². The molecule has 0 fully saturated rings. The maximum absolute atomic E-state index is 2.42. The van der Waals surface area contributed by atoms with Crippen LogP contribution in [0.5, 0.6) is 0 Å². The first-order valence-electron chi connectivity index (χ1n) is 10.6. The summed E-state index contributed by atoms with van der Waals surface area (Å²) in [6.45, 7) is 3.51. The van der Waals surface area contributed by atoms with E-state index in [9.17, 15) is 0 Å². The van der Waals surface area contributed by atoms with Gasteiger partial charge in [-0.25, -0.2) is 0 Å². The lowest BCUT2D eigenvalue weighted by Crippen LogP contribution is -2.14. The van der Waals surface area contributed by atoms with Crippen molar-refractivity contribution < 1.29 is 0 Å². The summed E-state index contributed by atoms with van der Waals surface area (Å²) in [6, 6.07) is 0. The summed E-state index contributed by atoms with van der Waals surface area (Å²) >= 11 is 2.12. The highest BCUT2D eigenvalue weighted by atomic mass is 32.2. The summed E-state index contributed by atoms with van der Waals surface area (Å²) in [6.07, 6.45) is 24.5. The molecule has 0 spiro atoms. The first kappa shape index (κ1) is 24.1. The summed E-state index contributed by atoms with van der Waals surface area (Å²) < 4.78 is 0. The minimum atomic E-state index is 1.22. The Balaban J connectivity index is 3.05. The Kier molecular flexibility index (Phi) is 21.1. The average molecular weight is 356 g/mol. The molecule has 0 unspecified atom stereocenters. The van der Waals surface area contributed by atoms with Crippen LogP contribution in [0, 0.1) is 0 Å². The van der Waals surface area contributed by atoms with E-state index in [1.807, 2.05) is 0 Å². The number of allylic oxidation sites excluding steroid dienone is 2. The zero-order chi connectivity index (χ0) is 17.7. The molecule has 144 valence electrons. The van der Waals surface area contributed by atoms with E-state index in [1.165, 1.54) is 108 Å². The first-order valence-corrected chi connectivity index (χ1v) is 11.8. The summed E-state index contributed by atoms with van der Waals surface area (Å²) in [5.41, 5.74) is 0. The molecule has 0 aromatic rings. The summed E-state index contributed by atoms with van der Waals surface area (Å²) in [5, 5.41) is 0. The topological polar surface area (TPSA) is 3.24 Å². The van der Waals surface area contributed by atoms with Gasteiger partial charge in [-0.2, -0.15) is 11.8 Å². The number of unbranched alkanes of at least 4 members (excludes halogenated alkanes) is 12. The van der Waals surface area contributed by atoms with Crippen LogP contribution in [0.25, 0.3) is 0 Å². The maximum atomic E-state index is 2.42. The van der Waals surface area contributed by atoms with Crippen LogP contribution in [0.4, 0.5) is 0 Å². The van der Waals surface area contributed by atoms with Crippen molar-refractivity contribution in [2.75, 3.05) is 32.1 Å². The van der Waals surface area contributed by atoms with Crippen molar-refractivity contribution in [2.24, 2.45) is 0 Å². The van der Waals surface area contributed by atoms with Crippen LogP contribution in [0.2, 0.25) is 0 Å². The highest BCUT2D eigenvalue weighted by Crippen LogP contribution is 2.11. The van der Waals surface area contributed by atoms with Gasteiger partial charge >= 0.3 is 0 Å². The Morgan fingerprint density at radius 2 is 1.12 bits per heavy atom. The zero-order valence-corrected chi connectivity index (χ0v) is 17.8. The second-order valence-corrected chi connectivity index (χ2v) is 8.58. The van der Waals surface area contributed by atoms with Crippen molar-refractivity contribution in [2.45, 2.75) is 96.8 Å². The van der Waals surface area contributed by atoms with E-state index in [0.29, 0.717) is 0 Å². The van der Waals surface area contributed by atoms with E-state index in [-0.39, 0.29) is 0 Å². The van der Waals surface area contributed by atoms with E-state index in [2.05, 4.69) is 49.8 Å². The molecule has 2 heteroatoms. The van der Waals surface area contributed by atoms with Crippen molar-refractivity contribution in [1.29, 1.82) is 0 Å². The van der Waals surface area contributed by atoms with Crippen LogP contribution in [0.3, 0.4) is 0 Å². The third kappa shape index (κ3) is 22.1. The summed E-state index contributed by atoms with van der Waals surface area (Å²) in [5.74, 6) is 2.65. The van der Waals surface area contributed by atoms with Crippen LogP contribution in [-0.4, -0.2) is 37.0 Å². The standard InChI is InChI=1S/C22H45NS/c1-4-5-6-7-8-9-10-11-12-13-14-15-16-17-18-19-21-24-22-20-23(2)3/h11-12H,4-10,13-22H2,1-3H3/b12-11-. The monoisotopic (exact) mass is 355 g/mol. The summed E-state index contributed by atoms with van der Waals surface area (Å²) in [7, 11) is 4.31. The van der Waals surface area contributed by atoms with E-state index in [4.69, 9.17) is 0 Å². The molecule has 0 heterocycles. The quantitative estimate of drug-likeness (QED) is 0.176. The van der Waals surface area contributed by atoms with Crippen molar-refractivity contribution >= 4 is 11.8 Å². The fourth-order valence-corrected chi connectivity index (χ4v) is 3.91. The molecule has 24 heavy (non-hydrogen) atoms. The highest BCUT2D eigenvalue weighted by molar-refractivity contribution is 7.99. The molecule has 0 bridgehead atoms. The number of hydrogen-bond donors (Lipinski definition) is 0. The molecule has 0 N–H and O–H groups in total. The lowest BCUT2D eigenvalue weighted by molar-refractivity contribution is 0.437. The van der Waals surface area contributed by atoms with Crippen molar-refractivity contribution in [3.05, 3.63) is 12.2 Å².